The van der Waals surface area contributed by atoms with Crippen LogP contribution in [0.2, 0.25) is 0 Å². The summed E-state index contributed by atoms with van der Waals surface area (Å²) in [5, 5.41) is 11.3. The summed E-state index contributed by atoms with van der Waals surface area (Å²) in [5.74, 6) is 6.65. The molecule has 0 spiro atoms. The molecular formula is C11H12O2S2. The van der Waals surface area contributed by atoms with Gasteiger partial charge in [0.25, 0.3) is 0 Å². The number of ether oxygens (including phenoxy) is 1. The van der Waals surface area contributed by atoms with Crippen LogP contribution < -0.4 is 0 Å². The maximum absolute atomic E-state index is 8.63. The molecule has 0 atom stereocenters. The average molecular weight is 240 g/mol. The third-order valence-corrected chi connectivity index (χ3v) is 4.41. The number of thiophene rings is 1. The summed E-state index contributed by atoms with van der Waals surface area (Å²) in [7, 11) is 0. The van der Waals surface area contributed by atoms with Crippen molar-refractivity contribution in [3.63, 3.8) is 0 Å². The second-order valence-electron chi connectivity index (χ2n) is 3.19. The van der Waals surface area contributed by atoms with Crippen molar-refractivity contribution < 1.29 is 9.84 Å². The minimum absolute atomic E-state index is 0.0705. The van der Waals surface area contributed by atoms with Gasteiger partial charge < -0.3 is 9.84 Å². The summed E-state index contributed by atoms with van der Waals surface area (Å²) in [6.45, 7) is 1.69. The molecule has 1 fully saturated rings. The van der Waals surface area contributed by atoms with Gasteiger partial charge in [-0.05, 0) is 11.4 Å². The summed E-state index contributed by atoms with van der Waals surface area (Å²) in [4.78, 5) is 1.30. The number of rotatable bonds is 3. The van der Waals surface area contributed by atoms with Crippen LogP contribution in [0.3, 0.4) is 0 Å². The minimum Gasteiger partial charge on any atom is -0.384 e. The van der Waals surface area contributed by atoms with Crippen LogP contribution in [0.5, 0.6) is 0 Å². The van der Waals surface area contributed by atoms with E-state index in [4.69, 9.17) is 9.84 Å². The van der Waals surface area contributed by atoms with E-state index >= 15 is 0 Å². The van der Waals surface area contributed by atoms with E-state index in [0.29, 0.717) is 5.25 Å². The predicted molar refractivity (Wildman–Crippen MR) is 64.2 cm³/mol. The molecule has 2 rings (SSSR count). The van der Waals surface area contributed by atoms with Gasteiger partial charge in [-0.2, -0.15) is 0 Å². The van der Waals surface area contributed by atoms with Gasteiger partial charge in [0.1, 0.15) is 6.61 Å². The van der Waals surface area contributed by atoms with Crippen LogP contribution in [-0.2, 0) is 10.5 Å². The van der Waals surface area contributed by atoms with Crippen molar-refractivity contribution in [2.45, 2.75) is 11.0 Å². The Balaban J connectivity index is 1.91. The summed E-state index contributed by atoms with van der Waals surface area (Å²) in [5.41, 5.74) is 1.06. The van der Waals surface area contributed by atoms with E-state index in [1.165, 1.54) is 4.88 Å². The molecule has 2 heterocycles. The Morgan fingerprint density at radius 3 is 3.13 bits per heavy atom. The molecule has 0 unspecified atom stereocenters. The molecule has 1 aromatic heterocycles. The molecule has 1 N–H and O–H groups in total. The van der Waals surface area contributed by atoms with Crippen LogP contribution >= 0.6 is 23.1 Å². The molecular weight excluding hydrogens is 228 g/mol. The van der Waals surface area contributed by atoms with Crippen molar-refractivity contribution in [3.8, 4) is 11.8 Å². The standard InChI is InChI=1S/C11H12O2S2/c12-4-1-2-9-3-5-14-11(9)8-15-10-6-13-7-10/h3,5,10,12H,4,6-8H2. The third-order valence-electron chi connectivity index (χ3n) is 2.11. The van der Waals surface area contributed by atoms with Gasteiger partial charge in [-0.25, -0.2) is 0 Å². The van der Waals surface area contributed by atoms with Crippen LogP contribution in [0.15, 0.2) is 11.4 Å². The van der Waals surface area contributed by atoms with Crippen molar-refractivity contribution in [2.75, 3.05) is 19.8 Å². The Labute approximate surface area is 97.7 Å². The zero-order chi connectivity index (χ0) is 10.5. The molecule has 0 aliphatic carbocycles. The maximum atomic E-state index is 8.63. The largest absolute Gasteiger partial charge is 0.384 e. The average Bonchev–Trinajstić information content (AvgIpc) is 2.60. The lowest BCUT2D eigenvalue weighted by atomic mass is 10.3. The summed E-state index contributed by atoms with van der Waals surface area (Å²) in [6, 6.07) is 2.01. The van der Waals surface area contributed by atoms with Crippen LogP contribution in [0.25, 0.3) is 0 Å². The van der Waals surface area contributed by atoms with Gasteiger partial charge in [0.2, 0.25) is 0 Å². The Bertz CT molecular complexity index is 371. The number of aliphatic hydroxyl groups excluding tert-OH is 1. The second-order valence-corrected chi connectivity index (χ2v) is 5.48. The van der Waals surface area contributed by atoms with Crippen LogP contribution in [0, 0.1) is 11.8 Å². The molecule has 0 amide bonds. The monoisotopic (exact) mass is 240 g/mol. The number of thioether (sulfide) groups is 1. The van der Waals surface area contributed by atoms with Gasteiger partial charge in [-0.1, -0.05) is 11.8 Å². The first-order chi connectivity index (χ1) is 7.40. The molecule has 0 bridgehead atoms. The van der Waals surface area contributed by atoms with Crippen LogP contribution in [0.1, 0.15) is 10.4 Å². The van der Waals surface area contributed by atoms with Gasteiger partial charge in [0.05, 0.1) is 18.5 Å². The first kappa shape index (κ1) is 11.0. The van der Waals surface area contributed by atoms with Crippen molar-refractivity contribution in [1.29, 1.82) is 0 Å². The Kier molecular flexibility index (Phi) is 4.09. The number of hydrogen-bond donors (Lipinski definition) is 1. The zero-order valence-corrected chi connectivity index (χ0v) is 9.87. The molecule has 1 aliphatic heterocycles. The van der Waals surface area contributed by atoms with Gasteiger partial charge >= 0.3 is 0 Å². The fourth-order valence-electron chi connectivity index (χ4n) is 1.20. The van der Waals surface area contributed by atoms with Crippen LogP contribution in [-0.4, -0.2) is 30.2 Å². The Morgan fingerprint density at radius 2 is 2.47 bits per heavy atom. The lowest BCUT2D eigenvalue weighted by Crippen LogP contribution is -2.30. The molecule has 2 nitrogen and oxygen atoms in total. The lowest BCUT2D eigenvalue weighted by Gasteiger charge is -2.24. The highest BCUT2D eigenvalue weighted by molar-refractivity contribution is 7.99. The topological polar surface area (TPSA) is 29.5 Å². The normalized spacial score (nSPS) is 15.5. The highest BCUT2D eigenvalue weighted by Gasteiger charge is 2.19. The first-order valence-corrected chi connectivity index (χ1v) is 6.68. The van der Waals surface area contributed by atoms with Crippen molar-refractivity contribution in [1.82, 2.24) is 0 Å². The number of aliphatic hydroxyl groups is 1. The van der Waals surface area contributed by atoms with Gasteiger partial charge in [0, 0.05) is 16.2 Å². The fourth-order valence-corrected chi connectivity index (χ4v) is 3.22. The van der Waals surface area contributed by atoms with Crippen molar-refractivity contribution >= 4 is 23.1 Å². The molecule has 0 saturated carbocycles. The van der Waals surface area contributed by atoms with Gasteiger partial charge in [-0.15, -0.1) is 23.1 Å². The van der Waals surface area contributed by atoms with Crippen LogP contribution in [0.4, 0.5) is 0 Å². The molecule has 0 radical (unpaired) electrons. The third kappa shape index (κ3) is 2.99. The van der Waals surface area contributed by atoms with E-state index in [2.05, 4.69) is 17.2 Å². The summed E-state index contributed by atoms with van der Waals surface area (Å²) >= 11 is 3.65. The van der Waals surface area contributed by atoms with Gasteiger partial charge in [0.15, 0.2) is 0 Å². The SMILES string of the molecule is OCC#Cc1ccsc1CSC1COC1. The van der Waals surface area contributed by atoms with E-state index in [1.807, 2.05) is 17.8 Å². The molecule has 1 aromatic rings. The van der Waals surface area contributed by atoms with Crippen molar-refractivity contribution in [2.24, 2.45) is 0 Å². The smallest absolute Gasteiger partial charge is 0.104 e. The maximum Gasteiger partial charge on any atom is 0.104 e. The molecule has 1 saturated heterocycles. The molecule has 1 aliphatic rings. The summed E-state index contributed by atoms with van der Waals surface area (Å²) in [6.07, 6.45) is 0. The Morgan fingerprint density at radius 1 is 1.60 bits per heavy atom. The quantitative estimate of drug-likeness (QED) is 0.816. The zero-order valence-electron chi connectivity index (χ0n) is 8.23. The predicted octanol–water partition coefficient (Wildman–Crippen LogP) is 1.72. The van der Waals surface area contributed by atoms with E-state index < -0.39 is 0 Å². The van der Waals surface area contributed by atoms with Crippen molar-refractivity contribution in [3.05, 3.63) is 21.9 Å². The first-order valence-electron chi connectivity index (χ1n) is 4.75. The second kappa shape index (κ2) is 5.57. The molecule has 4 heteroatoms. The van der Waals surface area contributed by atoms with Gasteiger partial charge in [-0.3, -0.25) is 0 Å². The van der Waals surface area contributed by atoms with E-state index in [0.717, 1.165) is 24.5 Å². The molecule has 15 heavy (non-hydrogen) atoms. The minimum atomic E-state index is -0.0705. The molecule has 0 aromatic carbocycles. The number of hydrogen-bond acceptors (Lipinski definition) is 4. The van der Waals surface area contributed by atoms with E-state index in [1.54, 1.807) is 11.3 Å². The highest BCUT2D eigenvalue weighted by Crippen LogP contribution is 2.27. The fraction of sp³-hybridized carbons (Fsp3) is 0.455. The van der Waals surface area contributed by atoms with E-state index in [9.17, 15) is 0 Å². The molecule has 80 valence electrons. The van der Waals surface area contributed by atoms with E-state index in [-0.39, 0.29) is 6.61 Å². The highest BCUT2D eigenvalue weighted by atomic mass is 32.2. The summed E-state index contributed by atoms with van der Waals surface area (Å²) < 4.78 is 5.12. The lowest BCUT2D eigenvalue weighted by molar-refractivity contribution is 0.0455. The Hall–Kier alpha value is -0.470.